The van der Waals surface area contributed by atoms with E-state index in [1.807, 2.05) is 13.8 Å². The van der Waals surface area contributed by atoms with Gasteiger partial charge in [-0.15, -0.1) is 0 Å². The lowest BCUT2D eigenvalue weighted by molar-refractivity contribution is 0.0988. The van der Waals surface area contributed by atoms with E-state index >= 15 is 0 Å². The van der Waals surface area contributed by atoms with Crippen LogP contribution in [0.15, 0.2) is 38.8 Å². The number of sulfonamides is 1. The Hall–Kier alpha value is -2.92. The quantitative estimate of drug-likeness (QED) is 0.486. The van der Waals surface area contributed by atoms with Crippen molar-refractivity contribution in [2.45, 2.75) is 64.4 Å². The summed E-state index contributed by atoms with van der Waals surface area (Å²) >= 11 is 0. The highest BCUT2D eigenvalue weighted by Gasteiger charge is 2.25. The Morgan fingerprint density at radius 1 is 1.19 bits per heavy atom. The molecule has 1 aromatic carbocycles. The zero-order valence-electron chi connectivity index (χ0n) is 18.8. The third-order valence-electron chi connectivity index (χ3n) is 5.16. The summed E-state index contributed by atoms with van der Waals surface area (Å²) in [5.74, 6) is -0.622. The molecule has 176 valence electrons. The van der Waals surface area contributed by atoms with Gasteiger partial charge in [-0.2, -0.15) is 0 Å². The van der Waals surface area contributed by atoms with Crippen molar-refractivity contribution in [1.29, 1.82) is 0 Å². The van der Waals surface area contributed by atoms with E-state index in [1.54, 1.807) is 13.8 Å². The van der Waals surface area contributed by atoms with Crippen LogP contribution in [-0.2, 0) is 16.6 Å². The van der Waals surface area contributed by atoms with Gasteiger partial charge in [0.25, 0.3) is 11.5 Å². The molecule has 2 rings (SSSR count). The van der Waals surface area contributed by atoms with Gasteiger partial charge in [0.15, 0.2) is 5.69 Å². The molecular weight excluding hydrogens is 434 g/mol. The molecule has 0 aliphatic heterocycles. The number of nitrogen functional groups attached to an aromatic ring is 1. The summed E-state index contributed by atoms with van der Waals surface area (Å²) in [7, 11) is -3.71. The largest absolute Gasteiger partial charge is 0.383 e. The van der Waals surface area contributed by atoms with Gasteiger partial charge in [-0.3, -0.25) is 19.1 Å². The van der Waals surface area contributed by atoms with E-state index in [0.29, 0.717) is 19.4 Å². The molecule has 1 aromatic heterocycles. The van der Waals surface area contributed by atoms with Crippen LogP contribution in [0.25, 0.3) is 0 Å². The van der Waals surface area contributed by atoms with Gasteiger partial charge in [0.2, 0.25) is 10.0 Å². The lowest BCUT2D eigenvalue weighted by Crippen LogP contribution is -2.41. The molecule has 10 nitrogen and oxygen atoms in total. The number of rotatable bonds is 10. The number of H-pyrrole nitrogens is 1. The van der Waals surface area contributed by atoms with Crippen molar-refractivity contribution in [3.8, 4) is 0 Å². The third kappa shape index (κ3) is 5.46. The number of aromatic nitrogens is 2. The second-order valence-corrected chi connectivity index (χ2v) is 9.22. The Morgan fingerprint density at radius 3 is 2.34 bits per heavy atom. The number of nitrogens with two attached hydrogens (primary N) is 1. The molecule has 0 radical (unpaired) electrons. The number of aromatic amines is 1. The summed E-state index contributed by atoms with van der Waals surface area (Å²) in [5.41, 5.74) is 4.81. The maximum absolute atomic E-state index is 13.1. The smallest absolute Gasteiger partial charge is 0.330 e. The molecule has 0 saturated heterocycles. The minimum absolute atomic E-state index is 0.0304. The number of hydrogen-bond acceptors (Lipinski definition) is 6. The first kappa shape index (κ1) is 25.3. The van der Waals surface area contributed by atoms with Gasteiger partial charge < -0.3 is 10.6 Å². The highest BCUT2D eigenvalue weighted by Crippen LogP contribution is 2.20. The fourth-order valence-corrected chi connectivity index (χ4v) is 4.46. The van der Waals surface area contributed by atoms with Gasteiger partial charge in [-0.1, -0.05) is 20.3 Å². The minimum atomic E-state index is -3.71. The van der Waals surface area contributed by atoms with E-state index < -0.39 is 27.2 Å². The van der Waals surface area contributed by atoms with E-state index in [1.165, 1.54) is 33.7 Å². The van der Waals surface area contributed by atoms with Crippen molar-refractivity contribution in [3.63, 3.8) is 0 Å². The van der Waals surface area contributed by atoms with Gasteiger partial charge in [0.05, 0.1) is 4.90 Å². The highest BCUT2D eigenvalue weighted by molar-refractivity contribution is 7.89. The molecule has 32 heavy (non-hydrogen) atoms. The lowest BCUT2D eigenvalue weighted by atomic mass is 10.2. The van der Waals surface area contributed by atoms with E-state index in [4.69, 9.17) is 5.73 Å². The molecule has 0 saturated carbocycles. The van der Waals surface area contributed by atoms with Crippen molar-refractivity contribution >= 4 is 27.4 Å². The van der Waals surface area contributed by atoms with Crippen LogP contribution in [0.4, 0.5) is 11.5 Å². The average Bonchev–Trinajstić information content (AvgIpc) is 2.75. The molecule has 0 spiro atoms. The number of amides is 1. The second kappa shape index (κ2) is 10.6. The Labute approximate surface area is 187 Å². The number of carbonyl (C=O) groups excluding carboxylic acids is 1. The van der Waals surface area contributed by atoms with Crippen molar-refractivity contribution in [2.75, 3.05) is 17.2 Å². The third-order valence-corrected chi connectivity index (χ3v) is 6.77. The Bertz CT molecular complexity index is 1170. The maximum Gasteiger partial charge on any atom is 0.330 e. The first-order chi connectivity index (χ1) is 15.1. The topological polar surface area (TPSA) is 147 Å². The summed E-state index contributed by atoms with van der Waals surface area (Å²) < 4.78 is 28.7. The van der Waals surface area contributed by atoms with Gasteiger partial charge in [0.1, 0.15) is 5.82 Å². The molecule has 1 amide bonds. The number of nitrogens with zero attached hydrogens (tertiary/aromatic N) is 2. The summed E-state index contributed by atoms with van der Waals surface area (Å²) in [6.07, 6.45) is 2.13. The summed E-state index contributed by atoms with van der Waals surface area (Å²) in [5, 5.41) is 0. The van der Waals surface area contributed by atoms with Crippen molar-refractivity contribution in [1.82, 2.24) is 14.3 Å². The maximum atomic E-state index is 13.1. The number of unbranched alkanes of at least 4 members (excludes halogenated alkanes) is 1. The molecule has 0 aliphatic rings. The van der Waals surface area contributed by atoms with Crippen LogP contribution in [0.1, 0.15) is 57.3 Å². The average molecular weight is 466 g/mol. The normalized spacial score (nSPS) is 12.5. The highest BCUT2D eigenvalue weighted by atomic mass is 32.2. The van der Waals surface area contributed by atoms with Crippen LogP contribution in [0, 0.1) is 0 Å². The molecule has 1 atom stereocenters. The van der Waals surface area contributed by atoms with Crippen LogP contribution >= 0.6 is 0 Å². The van der Waals surface area contributed by atoms with Crippen molar-refractivity contribution in [2.24, 2.45) is 0 Å². The van der Waals surface area contributed by atoms with Gasteiger partial charge in [-0.05, 0) is 51.0 Å². The Morgan fingerprint density at radius 2 is 1.81 bits per heavy atom. The fraction of sp³-hybridized carbons (Fsp3) is 0.476. The van der Waals surface area contributed by atoms with Crippen molar-refractivity contribution < 1.29 is 13.2 Å². The van der Waals surface area contributed by atoms with Crippen LogP contribution in [0.3, 0.4) is 0 Å². The first-order valence-corrected chi connectivity index (χ1v) is 12.1. The van der Waals surface area contributed by atoms with E-state index in [-0.39, 0.29) is 34.6 Å². The molecule has 2 aromatic rings. The lowest BCUT2D eigenvalue weighted by Gasteiger charge is -2.23. The Balaban J connectivity index is 2.42. The van der Waals surface area contributed by atoms with Crippen LogP contribution < -0.4 is 26.6 Å². The van der Waals surface area contributed by atoms with Gasteiger partial charge >= 0.3 is 5.69 Å². The molecule has 0 fully saturated rings. The minimum Gasteiger partial charge on any atom is -0.383 e. The van der Waals surface area contributed by atoms with Crippen LogP contribution in [0.2, 0.25) is 0 Å². The number of hydrogen-bond donors (Lipinski definition) is 3. The molecule has 1 unspecified atom stereocenters. The van der Waals surface area contributed by atoms with E-state index in [9.17, 15) is 22.8 Å². The number of nitrogens with one attached hydrogen (secondary N) is 2. The predicted molar refractivity (Wildman–Crippen MR) is 125 cm³/mol. The van der Waals surface area contributed by atoms with Crippen LogP contribution in [0.5, 0.6) is 0 Å². The number of carbonyl (C=O) groups is 1. The van der Waals surface area contributed by atoms with E-state index in [2.05, 4.69) is 9.71 Å². The molecule has 1 heterocycles. The van der Waals surface area contributed by atoms with Gasteiger partial charge in [-0.25, -0.2) is 17.9 Å². The second-order valence-electron chi connectivity index (χ2n) is 7.50. The fourth-order valence-electron chi connectivity index (χ4n) is 3.13. The molecule has 11 heteroatoms. The van der Waals surface area contributed by atoms with Crippen LogP contribution in [-0.4, -0.2) is 36.5 Å². The zero-order valence-corrected chi connectivity index (χ0v) is 19.7. The SMILES string of the molecule is CCCCn1c(N)c(N(CC)C(=O)c2ccc(S(=O)(=O)NC(C)CC)cc2)c(=O)[nH]c1=O. The molecule has 0 bridgehead atoms. The Kier molecular flexibility index (Phi) is 8.39. The van der Waals surface area contributed by atoms with E-state index in [0.717, 1.165) is 6.42 Å². The van der Waals surface area contributed by atoms with Gasteiger partial charge in [0, 0.05) is 24.7 Å². The molecule has 0 aliphatic carbocycles. The summed E-state index contributed by atoms with van der Waals surface area (Å²) in [6.45, 7) is 7.69. The zero-order chi connectivity index (χ0) is 24.1. The number of anilines is 2. The summed E-state index contributed by atoms with van der Waals surface area (Å²) in [4.78, 5) is 41.2. The van der Waals surface area contributed by atoms with Crippen molar-refractivity contribution in [3.05, 3.63) is 50.7 Å². The molecular formula is C21H31N5O5S. The molecule has 4 N–H and O–H groups in total. The summed E-state index contributed by atoms with van der Waals surface area (Å²) in [6, 6.07) is 5.21. The standard InChI is InChI=1S/C21H31N5O5S/c1-5-8-13-26-18(22)17(19(27)23-21(26)29)25(7-3)20(28)15-9-11-16(12-10-15)32(30,31)24-14(4)6-2/h9-12,14,24H,5-8,13,22H2,1-4H3,(H,23,27,29). The monoisotopic (exact) mass is 465 g/mol. The number of benzene rings is 1. The first-order valence-electron chi connectivity index (χ1n) is 10.6. The predicted octanol–water partition coefficient (Wildman–Crippen LogP) is 1.66.